The molecule has 3 rings (SSSR count). The molecule has 3 aromatic rings. The van der Waals surface area contributed by atoms with Crippen LogP contribution in [0.25, 0.3) is 22.4 Å². The molecule has 0 aliphatic rings. The molecule has 0 saturated carbocycles. The van der Waals surface area contributed by atoms with Crippen molar-refractivity contribution in [2.75, 3.05) is 5.73 Å². The zero-order valence-corrected chi connectivity index (χ0v) is 12.1. The molecule has 0 unspecified atom stereocenters. The van der Waals surface area contributed by atoms with Gasteiger partial charge in [-0.2, -0.15) is 0 Å². The van der Waals surface area contributed by atoms with E-state index in [9.17, 15) is 0 Å². The van der Waals surface area contributed by atoms with Crippen molar-refractivity contribution in [3.63, 3.8) is 0 Å². The van der Waals surface area contributed by atoms with Crippen LogP contribution in [0.15, 0.2) is 48.5 Å². The number of nitrogens with zero attached hydrogens (tertiary/aromatic N) is 2. The van der Waals surface area contributed by atoms with Gasteiger partial charge in [0.15, 0.2) is 0 Å². The number of para-hydroxylation sites is 2. The van der Waals surface area contributed by atoms with Gasteiger partial charge < -0.3 is 10.3 Å². The predicted octanol–water partition coefficient (Wildman–Crippen LogP) is 4.04. The van der Waals surface area contributed by atoms with Gasteiger partial charge in [0.25, 0.3) is 0 Å². The lowest BCUT2D eigenvalue weighted by Crippen LogP contribution is -2.22. The molecule has 0 spiro atoms. The Labute approximate surface area is 119 Å². The molecule has 1 aromatic heterocycles. The number of imidazole rings is 1. The van der Waals surface area contributed by atoms with Gasteiger partial charge in [-0.1, -0.05) is 12.1 Å². The quantitative estimate of drug-likeness (QED) is 0.675. The average molecular weight is 265 g/mol. The van der Waals surface area contributed by atoms with Crippen LogP contribution < -0.4 is 5.73 Å². The normalized spacial score (nSPS) is 11.9. The van der Waals surface area contributed by atoms with E-state index in [0.29, 0.717) is 0 Å². The van der Waals surface area contributed by atoms with E-state index in [1.165, 1.54) is 0 Å². The Balaban J connectivity index is 2.32. The molecular formula is C17H19N3. The molecule has 1 heterocycles. The topological polar surface area (TPSA) is 43.8 Å². The number of fused-ring (bicyclic) bond motifs is 1. The third-order valence-corrected chi connectivity index (χ3v) is 3.40. The Morgan fingerprint density at radius 3 is 2.25 bits per heavy atom. The first-order chi connectivity index (χ1) is 9.47. The van der Waals surface area contributed by atoms with Gasteiger partial charge in [-0.25, -0.2) is 4.98 Å². The number of nitrogen functional groups attached to an aromatic ring is 1. The van der Waals surface area contributed by atoms with Crippen molar-refractivity contribution in [1.29, 1.82) is 0 Å². The molecule has 0 saturated heterocycles. The fourth-order valence-electron chi connectivity index (χ4n) is 2.53. The van der Waals surface area contributed by atoms with E-state index >= 15 is 0 Å². The van der Waals surface area contributed by atoms with Crippen molar-refractivity contribution in [2.24, 2.45) is 0 Å². The molecular weight excluding hydrogens is 246 g/mol. The van der Waals surface area contributed by atoms with Crippen LogP contribution in [0, 0.1) is 0 Å². The van der Waals surface area contributed by atoms with Crippen molar-refractivity contribution < 1.29 is 0 Å². The van der Waals surface area contributed by atoms with E-state index in [1.807, 2.05) is 30.3 Å². The maximum absolute atomic E-state index is 5.78. The smallest absolute Gasteiger partial charge is 0.141 e. The highest BCUT2D eigenvalue weighted by Crippen LogP contribution is 2.31. The van der Waals surface area contributed by atoms with Crippen LogP contribution in [0.5, 0.6) is 0 Å². The van der Waals surface area contributed by atoms with Crippen molar-refractivity contribution in [3.8, 4) is 11.4 Å². The van der Waals surface area contributed by atoms with E-state index in [1.54, 1.807) is 0 Å². The van der Waals surface area contributed by atoms with Gasteiger partial charge in [-0.3, -0.25) is 0 Å². The zero-order chi connectivity index (χ0) is 14.3. The molecule has 102 valence electrons. The Kier molecular flexibility index (Phi) is 2.78. The van der Waals surface area contributed by atoms with Crippen molar-refractivity contribution in [2.45, 2.75) is 26.3 Å². The molecule has 3 nitrogen and oxygen atoms in total. The second kappa shape index (κ2) is 4.37. The number of hydrogen-bond acceptors (Lipinski definition) is 2. The summed E-state index contributed by atoms with van der Waals surface area (Å²) in [6.07, 6.45) is 0. The second-order valence-corrected chi connectivity index (χ2v) is 6.05. The predicted molar refractivity (Wildman–Crippen MR) is 84.6 cm³/mol. The minimum Gasteiger partial charge on any atom is -0.399 e. The number of aromatic nitrogens is 2. The lowest BCUT2D eigenvalue weighted by atomic mass is 10.1. The van der Waals surface area contributed by atoms with Gasteiger partial charge in [0.2, 0.25) is 0 Å². The number of benzene rings is 2. The molecule has 0 atom stereocenters. The zero-order valence-electron chi connectivity index (χ0n) is 12.1. The number of hydrogen-bond donors (Lipinski definition) is 1. The summed E-state index contributed by atoms with van der Waals surface area (Å²) in [5.74, 6) is 0.985. The van der Waals surface area contributed by atoms with Gasteiger partial charge in [0.05, 0.1) is 11.0 Å². The largest absolute Gasteiger partial charge is 0.399 e. The highest BCUT2D eigenvalue weighted by molar-refractivity contribution is 5.81. The summed E-state index contributed by atoms with van der Waals surface area (Å²) < 4.78 is 2.29. The second-order valence-electron chi connectivity index (χ2n) is 6.05. The SMILES string of the molecule is CC(C)(C)n1c(-c2ccc(N)cc2)nc2ccccc21. The monoisotopic (exact) mass is 265 g/mol. The molecule has 2 aromatic carbocycles. The Hall–Kier alpha value is -2.29. The highest BCUT2D eigenvalue weighted by Gasteiger charge is 2.21. The fourth-order valence-corrected chi connectivity index (χ4v) is 2.53. The summed E-state index contributed by atoms with van der Waals surface area (Å²) in [6.45, 7) is 6.59. The molecule has 2 N–H and O–H groups in total. The lowest BCUT2D eigenvalue weighted by Gasteiger charge is -2.24. The minimum absolute atomic E-state index is 0.0349. The summed E-state index contributed by atoms with van der Waals surface area (Å²) in [6, 6.07) is 16.1. The Bertz CT molecular complexity index is 746. The molecule has 0 fully saturated rings. The molecule has 0 bridgehead atoms. The molecule has 3 heteroatoms. The summed E-state index contributed by atoms with van der Waals surface area (Å²) in [7, 11) is 0. The highest BCUT2D eigenvalue weighted by atomic mass is 15.1. The minimum atomic E-state index is -0.0349. The van der Waals surface area contributed by atoms with Gasteiger partial charge in [0.1, 0.15) is 5.82 Å². The van der Waals surface area contributed by atoms with E-state index in [2.05, 4.69) is 43.5 Å². The number of rotatable bonds is 1. The number of nitrogens with two attached hydrogens (primary N) is 1. The first-order valence-electron chi connectivity index (χ1n) is 6.81. The Morgan fingerprint density at radius 1 is 0.950 bits per heavy atom. The molecule has 0 radical (unpaired) electrons. The maximum atomic E-state index is 5.78. The first-order valence-corrected chi connectivity index (χ1v) is 6.81. The lowest BCUT2D eigenvalue weighted by molar-refractivity contribution is 0.413. The van der Waals surface area contributed by atoms with Gasteiger partial charge in [-0.15, -0.1) is 0 Å². The van der Waals surface area contributed by atoms with E-state index in [4.69, 9.17) is 10.7 Å². The van der Waals surface area contributed by atoms with Gasteiger partial charge >= 0.3 is 0 Å². The molecule has 0 aliphatic carbocycles. The summed E-state index contributed by atoms with van der Waals surface area (Å²) in [5.41, 5.74) is 9.78. The van der Waals surface area contributed by atoms with Crippen LogP contribution in [-0.2, 0) is 5.54 Å². The van der Waals surface area contributed by atoms with Crippen molar-refractivity contribution in [3.05, 3.63) is 48.5 Å². The maximum Gasteiger partial charge on any atom is 0.141 e. The fraction of sp³-hybridized carbons (Fsp3) is 0.235. The van der Waals surface area contributed by atoms with E-state index in [-0.39, 0.29) is 5.54 Å². The van der Waals surface area contributed by atoms with Gasteiger partial charge in [-0.05, 0) is 57.2 Å². The average Bonchev–Trinajstić information content (AvgIpc) is 2.78. The molecule has 0 aliphatic heterocycles. The van der Waals surface area contributed by atoms with Crippen molar-refractivity contribution in [1.82, 2.24) is 9.55 Å². The third-order valence-electron chi connectivity index (χ3n) is 3.40. The van der Waals surface area contributed by atoms with Crippen LogP contribution in [0.1, 0.15) is 20.8 Å². The summed E-state index contributed by atoms with van der Waals surface area (Å²) in [5, 5.41) is 0. The first kappa shape index (κ1) is 12.7. The van der Waals surface area contributed by atoms with Crippen LogP contribution in [0.3, 0.4) is 0 Å². The summed E-state index contributed by atoms with van der Waals surface area (Å²) in [4.78, 5) is 4.80. The standard InChI is InChI=1S/C17H19N3/c1-17(2,3)20-15-7-5-4-6-14(15)19-16(20)12-8-10-13(18)11-9-12/h4-11H,18H2,1-3H3. The molecule has 20 heavy (non-hydrogen) atoms. The Morgan fingerprint density at radius 2 is 1.60 bits per heavy atom. The van der Waals surface area contributed by atoms with Crippen LogP contribution in [-0.4, -0.2) is 9.55 Å². The van der Waals surface area contributed by atoms with Crippen LogP contribution in [0.4, 0.5) is 5.69 Å². The van der Waals surface area contributed by atoms with E-state index in [0.717, 1.165) is 28.1 Å². The van der Waals surface area contributed by atoms with Crippen molar-refractivity contribution >= 4 is 16.7 Å². The summed E-state index contributed by atoms with van der Waals surface area (Å²) >= 11 is 0. The van der Waals surface area contributed by atoms with Gasteiger partial charge in [0, 0.05) is 16.8 Å². The molecule has 0 amide bonds. The van der Waals surface area contributed by atoms with Crippen LogP contribution in [0.2, 0.25) is 0 Å². The van der Waals surface area contributed by atoms with Crippen LogP contribution >= 0.6 is 0 Å². The third kappa shape index (κ3) is 2.05. The number of anilines is 1. The van der Waals surface area contributed by atoms with E-state index < -0.39 is 0 Å².